The number of rotatable bonds is 10. The van der Waals surface area contributed by atoms with Gasteiger partial charge in [0.15, 0.2) is 0 Å². The zero-order valence-corrected chi connectivity index (χ0v) is 17.0. The molecule has 1 rings (SSSR count). The fraction of sp³-hybridized carbons (Fsp3) is 1.00. The number of nitrogens with one attached hydrogen (secondary N) is 1. The summed E-state index contributed by atoms with van der Waals surface area (Å²) in [4.78, 5) is 2.91. The van der Waals surface area contributed by atoms with Crippen LogP contribution in [0.1, 0.15) is 106 Å². The van der Waals surface area contributed by atoms with Gasteiger partial charge in [0.1, 0.15) is 0 Å². The highest BCUT2D eigenvalue weighted by Crippen LogP contribution is 2.27. The van der Waals surface area contributed by atoms with Gasteiger partial charge in [0, 0.05) is 30.2 Å². The Bertz CT molecular complexity index is 289. The predicted molar refractivity (Wildman–Crippen MR) is 104 cm³/mol. The minimum atomic E-state index is 0.224. The van der Waals surface area contributed by atoms with E-state index in [-0.39, 0.29) is 5.54 Å². The van der Waals surface area contributed by atoms with Gasteiger partial charge >= 0.3 is 0 Å². The van der Waals surface area contributed by atoms with Gasteiger partial charge in [0.2, 0.25) is 0 Å². The zero-order valence-electron chi connectivity index (χ0n) is 17.0. The lowest BCUT2D eigenvalue weighted by Crippen LogP contribution is -2.48. The summed E-state index contributed by atoms with van der Waals surface area (Å²) in [7, 11) is 0. The smallest absolute Gasteiger partial charge is 0.00989 e. The van der Waals surface area contributed by atoms with E-state index < -0.39 is 0 Å². The van der Waals surface area contributed by atoms with Crippen LogP contribution in [0.25, 0.3) is 0 Å². The maximum atomic E-state index is 3.75. The Morgan fingerprint density at radius 3 is 2.22 bits per heavy atom. The second kappa shape index (κ2) is 10.7. The lowest BCUT2D eigenvalue weighted by Gasteiger charge is -2.41. The molecule has 23 heavy (non-hydrogen) atoms. The summed E-state index contributed by atoms with van der Waals surface area (Å²) in [5.74, 6) is 0. The molecule has 0 spiro atoms. The first-order valence-electron chi connectivity index (χ1n) is 10.4. The van der Waals surface area contributed by atoms with E-state index in [0.717, 1.165) is 12.1 Å². The van der Waals surface area contributed by atoms with Crippen LogP contribution in [0.5, 0.6) is 0 Å². The molecule has 0 aliphatic heterocycles. The molecular weight excluding hydrogens is 280 g/mol. The minimum Gasteiger partial charge on any atom is -0.310 e. The Hall–Kier alpha value is -0.0800. The number of unbranched alkanes of at least 4 members (excludes halogenated alkanes) is 1. The molecule has 2 nitrogen and oxygen atoms in total. The van der Waals surface area contributed by atoms with Gasteiger partial charge in [-0.1, -0.05) is 46.0 Å². The van der Waals surface area contributed by atoms with E-state index in [1.165, 1.54) is 70.8 Å². The molecule has 2 atom stereocenters. The molecule has 0 heterocycles. The molecule has 2 heteroatoms. The summed E-state index contributed by atoms with van der Waals surface area (Å²) in [5.41, 5.74) is 0.224. The third-order valence-electron chi connectivity index (χ3n) is 5.37. The van der Waals surface area contributed by atoms with Crippen LogP contribution in [0.3, 0.4) is 0 Å². The van der Waals surface area contributed by atoms with E-state index >= 15 is 0 Å². The predicted octanol–water partition coefficient (Wildman–Crippen LogP) is 5.76. The first kappa shape index (κ1) is 21.0. The Morgan fingerprint density at radius 2 is 1.70 bits per heavy atom. The van der Waals surface area contributed by atoms with Crippen molar-refractivity contribution in [2.45, 2.75) is 129 Å². The highest BCUT2D eigenvalue weighted by atomic mass is 15.2. The molecule has 138 valence electrons. The molecular formula is C21H44N2. The summed E-state index contributed by atoms with van der Waals surface area (Å²) in [6.45, 7) is 15.2. The van der Waals surface area contributed by atoms with Gasteiger partial charge in [-0.2, -0.15) is 0 Å². The SMILES string of the molecule is CCCCC(CC)N(CCC(C)NC(C)(C)C)C1CCCCC1. The third-order valence-corrected chi connectivity index (χ3v) is 5.37. The number of hydrogen-bond acceptors (Lipinski definition) is 2. The zero-order chi connectivity index (χ0) is 17.3. The summed E-state index contributed by atoms with van der Waals surface area (Å²) in [5, 5.41) is 3.75. The van der Waals surface area contributed by atoms with E-state index in [0.29, 0.717) is 6.04 Å². The normalized spacial score (nSPS) is 20.0. The van der Waals surface area contributed by atoms with Crippen LogP contribution >= 0.6 is 0 Å². The van der Waals surface area contributed by atoms with Crippen LogP contribution in [0.15, 0.2) is 0 Å². The van der Waals surface area contributed by atoms with Crippen molar-refractivity contribution >= 4 is 0 Å². The second-order valence-electron chi connectivity index (χ2n) is 8.82. The van der Waals surface area contributed by atoms with Crippen LogP contribution in [0.4, 0.5) is 0 Å². The van der Waals surface area contributed by atoms with E-state index in [2.05, 4.69) is 51.8 Å². The molecule has 2 unspecified atom stereocenters. The molecule has 0 amide bonds. The monoisotopic (exact) mass is 324 g/mol. The van der Waals surface area contributed by atoms with Crippen LogP contribution < -0.4 is 5.32 Å². The highest BCUT2D eigenvalue weighted by molar-refractivity contribution is 4.83. The first-order chi connectivity index (χ1) is 10.9. The summed E-state index contributed by atoms with van der Waals surface area (Å²) in [6.07, 6.45) is 13.9. The lowest BCUT2D eigenvalue weighted by atomic mass is 9.91. The average molecular weight is 325 g/mol. The topological polar surface area (TPSA) is 15.3 Å². The molecule has 0 radical (unpaired) electrons. The maximum absolute atomic E-state index is 3.75. The van der Waals surface area contributed by atoms with E-state index in [1.807, 2.05) is 0 Å². The molecule has 1 aliphatic carbocycles. The van der Waals surface area contributed by atoms with Crippen molar-refractivity contribution in [1.82, 2.24) is 10.2 Å². The van der Waals surface area contributed by atoms with Crippen molar-refractivity contribution in [2.75, 3.05) is 6.54 Å². The quantitative estimate of drug-likeness (QED) is 0.550. The van der Waals surface area contributed by atoms with E-state index in [4.69, 9.17) is 0 Å². The van der Waals surface area contributed by atoms with Crippen molar-refractivity contribution in [3.8, 4) is 0 Å². The van der Waals surface area contributed by atoms with Gasteiger partial charge in [0.25, 0.3) is 0 Å². The lowest BCUT2D eigenvalue weighted by molar-refractivity contribution is 0.0883. The fourth-order valence-corrected chi connectivity index (χ4v) is 4.27. The molecule has 0 aromatic heterocycles. The van der Waals surface area contributed by atoms with Crippen molar-refractivity contribution < 1.29 is 0 Å². The Kier molecular flexibility index (Phi) is 9.77. The second-order valence-corrected chi connectivity index (χ2v) is 8.82. The number of hydrogen-bond donors (Lipinski definition) is 1. The van der Waals surface area contributed by atoms with E-state index in [1.54, 1.807) is 0 Å². The van der Waals surface area contributed by atoms with Gasteiger partial charge in [-0.3, -0.25) is 4.90 Å². The van der Waals surface area contributed by atoms with Gasteiger partial charge in [-0.25, -0.2) is 0 Å². The largest absolute Gasteiger partial charge is 0.310 e. The van der Waals surface area contributed by atoms with Gasteiger partial charge in [0.05, 0.1) is 0 Å². The molecule has 1 aliphatic rings. The van der Waals surface area contributed by atoms with Crippen LogP contribution in [0, 0.1) is 0 Å². The van der Waals surface area contributed by atoms with Crippen molar-refractivity contribution in [3.63, 3.8) is 0 Å². The standard InChI is InChI=1S/C21H44N2/c1-7-9-13-19(8-2)23(20-14-11-10-12-15-20)17-16-18(3)22-21(4,5)6/h18-20,22H,7-17H2,1-6H3. The molecule has 0 bridgehead atoms. The molecule has 1 fully saturated rings. The van der Waals surface area contributed by atoms with Crippen LogP contribution in [0.2, 0.25) is 0 Å². The minimum absolute atomic E-state index is 0.224. The van der Waals surface area contributed by atoms with Gasteiger partial charge in [-0.15, -0.1) is 0 Å². The summed E-state index contributed by atoms with van der Waals surface area (Å²) < 4.78 is 0. The van der Waals surface area contributed by atoms with Crippen molar-refractivity contribution in [3.05, 3.63) is 0 Å². The molecule has 0 aromatic carbocycles. The third kappa shape index (κ3) is 8.54. The maximum Gasteiger partial charge on any atom is 0.00989 e. The molecule has 1 N–H and O–H groups in total. The summed E-state index contributed by atoms with van der Waals surface area (Å²) in [6, 6.07) is 2.26. The Labute approximate surface area is 146 Å². The molecule has 0 saturated heterocycles. The average Bonchev–Trinajstić information content (AvgIpc) is 2.49. The first-order valence-corrected chi connectivity index (χ1v) is 10.4. The van der Waals surface area contributed by atoms with Gasteiger partial charge < -0.3 is 5.32 Å². The fourth-order valence-electron chi connectivity index (χ4n) is 4.27. The van der Waals surface area contributed by atoms with Crippen LogP contribution in [-0.4, -0.2) is 35.1 Å². The van der Waals surface area contributed by atoms with Gasteiger partial charge in [-0.05, 0) is 59.8 Å². The Morgan fingerprint density at radius 1 is 1.04 bits per heavy atom. The number of nitrogens with zero attached hydrogens (tertiary/aromatic N) is 1. The Balaban J connectivity index is 2.62. The molecule has 1 saturated carbocycles. The van der Waals surface area contributed by atoms with Crippen molar-refractivity contribution in [1.29, 1.82) is 0 Å². The van der Waals surface area contributed by atoms with Crippen molar-refractivity contribution in [2.24, 2.45) is 0 Å². The highest BCUT2D eigenvalue weighted by Gasteiger charge is 2.27. The van der Waals surface area contributed by atoms with E-state index in [9.17, 15) is 0 Å². The summed E-state index contributed by atoms with van der Waals surface area (Å²) >= 11 is 0. The molecule has 0 aromatic rings. The van der Waals surface area contributed by atoms with Crippen LogP contribution in [-0.2, 0) is 0 Å².